The number of alkyl halides is 10. The van der Waals surface area contributed by atoms with Crippen LogP contribution < -0.4 is 0 Å². The summed E-state index contributed by atoms with van der Waals surface area (Å²) < 4.78 is 111. The van der Waals surface area contributed by atoms with Crippen LogP contribution in [0.5, 0.6) is 0 Å². The van der Waals surface area contributed by atoms with Crippen LogP contribution in [0.3, 0.4) is 0 Å². The van der Waals surface area contributed by atoms with Gasteiger partial charge in [-0.1, -0.05) is 0 Å². The second kappa shape index (κ2) is 13.6. The summed E-state index contributed by atoms with van der Waals surface area (Å²) >= 11 is 0. The molecule has 138 valence electrons. The maximum atomic E-state index is 11.3. The van der Waals surface area contributed by atoms with Crippen molar-refractivity contribution in [2.45, 2.75) is 30.4 Å². The largest absolute Gasteiger partial charge is 0.455 e. The summed E-state index contributed by atoms with van der Waals surface area (Å²) in [5.41, 5.74) is 0. The van der Waals surface area contributed by atoms with Crippen LogP contribution in [-0.2, 0) is 39.0 Å². The Morgan fingerprint density at radius 2 is 0.750 bits per heavy atom. The molecule has 0 unspecified atom stereocenters. The van der Waals surface area contributed by atoms with Crippen molar-refractivity contribution >= 4 is 7.85 Å². The molecule has 0 heterocycles. The maximum Gasteiger partial charge on any atom is 0.455 e. The maximum absolute atomic E-state index is 11.3. The van der Waals surface area contributed by atoms with E-state index in [2.05, 4.69) is 7.85 Å². The van der Waals surface area contributed by atoms with Crippen LogP contribution in [0.1, 0.15) is 0 Å². The van der Waals surface area contributed by atoms with Gasteiger partial charge in [0.15, 0.2) is 0 Å². The fourth-order valence-corrected chi connectivity index (χ4v) is 0.179. The molecule has 0 saturated heterocycles. The van der Waals surface area contributed by atoms with Crippen LogP contribution in [0.25, 0.3) is 0 Å². The Morgan fingerprint density at radius 3 is 0.750 bits per heavy atom. The van der Waals surface area contributed by atoms with Gasteiger partial charge in [0.25, 0.3) is 0 Å². The van der Waals surface area contributed by atoms with E-state index < -0.39 is 43.6 Å². The number of aliphatic hydroxyl groups is 4. The van der Waals surface area contributed by atoms with E-state index >= 15 is 0 Å². The second-order valence-corrected chi connectivity index (χ2v) is 3.13. The summed E-state index contributed by atoms with van der Waals surface area (Å²) in [4.78, 5) is 0. The molecule has 24 heavy (non-hydrogen) atoms. The number of hydrogen-bond donors (Lipinski definition) is 4. The van der Waals surface area contributed by atoms with E-state index in [1.807, 2.05) is 0 Å². The van der Waals surface area contributed by atoms with Crippen LogP contribution in [-0.4, -0.2) is 71.9 Å². The first-order valence-electron chi connectivity index (χ1n) is 4.58. The molecular formula is C7H9BF10O4Zn2. The van der Waals surface area contributed by atoms with Crippen LogP contribution in [0.2, 0.25) is 0 Å². The monoisotopic (exact) mass is 486 g/mol. The van der Waals surface area contributed by atoms with E-state index in [1.54, 1.807) is 0 Å². The molecule has 0 aliphatic carbocycles. The van der Waals surface area contributed by atoms with Gasteiger partial charge in [0.05, 0.1) is 0 Å². The van der Waals surface area contributed by atoms with Crippen LogP contribution in [0.4, 0.5) is 43.9 Å². The molecular weight excluding hydrogens is 480 g/mol. The zero-order valence-corrected chi connectivity index (χ0v) is 17.5. The fourth-order valence-electron chi connectivity index (χ4n) is 0.179. The molecule has 0 spiro atoms. The Hall–Kier alpha value is 0.452. The zero-order chi connectivity index (χ0) is 19.0. The van der Waals surface area contributed by atoms with Gasteiger partial charge in [-0.15, -0.1) is 0 Å². The minimum Gasteiger partial charge on any atom is -0.390 e. The summed E-state index contributed by atoms with van der Waals surface area (Å²) in [6.45, 7) is -4.40. The Morgan fingerprint density at radius 1 is 0.625 bits per heavy atom. The van der Waals surface area contributed by atoms with E-state index in [-0.39, 0.29) is 39.0 Å². The number of halogens is 10. The predicted molar refractivity (Wildman–Crippen MR) is 50.2 cm³/mol. The quantitative estimate of drug-likeness (QED) is 0.263. The van der Waals surface area contributed by atoms with Gasteiger partial charge in [0.1, 0.15) is 27.2 Å². The van der Waals surface area contributed by atoms with Gasteiger partial charge < -0.3 is 20.4 Å². The van der Waals surface area contributed by atoms with Crippen LogP contribution in [0, 0.1) is 0 Å². The molecule has 0 bridgehead atoms. The Labute approximate surface area is 155 Å². The molecule has 4 nitrogen and oxygen atoms in total. The van der Waals surface area contributed by atoms with Crippen molar-refractivity contribution in [2.75, 3.05) is 13.2 Å². The van der Waals surface area contributed by atoms with Gasteiger partial charge in [-0.25, -0.2) is 0 Å². The molecule has 0 saturated carbocycles. The third-order valence-corrected chi connectivity index (χ3v) is 1.23. The Bertz CT molecular complexity index is 271. The smallest absolute Gasteiger partial charge is 0.390 e. The first-order valence-corrected chi connectivity index (χ1v) is 4.58. The normalized spacial score (nSPS) is 12.0. The molecule has 0 aliphatic rings. The van der Waals surface area contributed by atoms with Crippen molar-refractivity contribution in [3.63, 3.8) is 0 Å². The second-order valence-electron chi connectivity index (χ2n) is 3.13. The molecule has 0 aliphatic heterocycles. The molecule has 0 aromatic heterocycles. The van der Waals surface area contributed by atoms with Gasteiger partial charge in [0, 0.05) is 39.0 Å². The minimum atomic E-state index is -5.64. The van der Waals surface area contributed by atoms with Crippen LogP contribution in [0.15, 0.2) is 0 Å². The van der Waals surface area contributed by atoms with Gasteiger partial charge in [-0.05, 0) is 0 Å². The van der Waals surface area contributed by atoms with Crippen molar-refractivity contribution in [2.24, 2.45) is 0 Å². The molecule has 0 aromatic rings. The van der Waals surface area contributed by atoms with Crippen LogP contribution >= 0.6 is 0 Å². The summed E-state index contributed by atoms with van der Waals surface area (Å²) in [6.07, 6.45) is -12.9. The number of aliphatic hydroxyl groups excluding tert-OH is 3. The van der Waals surface area contributed by atoms with Crippen molar-refractivity contribution in [1.29, 1.82) is 0 Å². The third-order valence-electron chi connectivity index (χ3n) is 1.23. The van der Waals surface area contributed by atoms with Gasteiger partial charge in [-0.3, -0.25) is 0 Å². The van der Waals surface area contributed by atoms with E-state index in [9.17, 15) is 43.9 Å². The molecule has 0 atom stereocenters. The molecule has 17 heteroatoms. The van der Waals surface area contributed by atoms with Gasteiger partial charge >= 0.3 is 24.2 Å². The topological polar surface area (TPSA) is 80.9 Å². The van der Waals surface area contributed by atoms with E-state index in [4.69, 9.17) is 20.4 Å². The summed E-state index contributed by atoms with van der Waals surface area (Å²) in [7, 11) is 4.22. The van der Waals surface area contributed by atoms with E-state index in [0.29, 0.717) is 0 Å². The molecule has 0 amide bonds. The van der Waals surface area contributed by atoms with E-state index in [1.165, 1.54) is 0 Å². The average molecular weight is 489 g/mol. The summed E-state index contributed by atoms with van der Waals surface area (Å²) in [5.74, 6) is -9.93. The average Bonchev–Trinajstić information content (AvgIpc) is 2.26. The van der Waals surface area contributed by atoms with E-state index in [0.717, 1.165) is 0 Å². The van der Waals surface area contributed by atoms with Crippen molar-refractivity contribution in [1.82, 2.24) is 0 Å². The predicted octanol–water partition coefficient (Wildman–Crippen LogP) is 0.771. The third kappa shape index (κ3) is 17.3. The SMILES string of the molecule is OCC(F)(F)C(F)(F)F.OCC(F)(F)C(F)(F)F.[B]C(O)O.[Zn].[Zn]. The summed E-state index contributed by atoms with van der Waals surface area (Å²) in [5, 5.41) is 29.7. The molecule has 4 N–H and O–H groups in total. The Kier molecular flexibility index (Phi) is 20.2. The van der Waals surface area contributed by atoms with Crippen molar-refractivity contribution in [3.8, 4) is 0 Å². The van der Waals surface area contributed by atoms with Gasteiger partial charge in [-0.2, -0.15) is 43.9 Å². The summed E-state index contributed by atoms with van der Waals surface area (Å²) in [6, 6.07) is 0. The fraction of sp³-hybridized carbons (Fsp3) is 1.00. The van der Waals surface area contributed by atoms with Crippen molar-refractivity contribution < 1.29 is 103 Å². The number of hydrogen-bond acceptors (Lipinski definition) is 4. The van der Waals surface area contributed by atoms with Gasteiger partial charge in [0.2, 0.25) is 0 Å². The van der Waals surface area contributed by atoms with Crippen molar-refractivity contribution in [3.05, 3.63) is 0 Å². The standard InChI is InChI=1S/2C3H3F5O.CH3BO2.2Zn/c2*4-2(5,1-9)3(6,7)8;2-1(3)4;;/h2*9H,1H2;1,3-4H;;. The number of rotatable bonds is 2. The molecule has 0 aromatic carbocycles. The first kappa shape index (κ1) is 35.5. The first-order chi connectivity index (χ1) is 9.35. The minimum absolute atomic E-state index is 0. The molecule has 0 rings (SSSR count). The Balaban J connectivity index is -0.0000000771. The zero-order valence-electron chi connectivity index (χ0n) is 11.6. The molecule has 0 fully saturated rings. The molecule has 2 radical (unpaired) electrons.